The second-order valence-corrected chi connectivity index (χ2v) is 9.58. The van der Waals surface area contributed by atoms with Crippen LogP contribution in [0.3, 0.4) is 0 Å². The first-order valence-electron chi connectivity index (χ1n) is 12.8. The van der Waals surface area contributed by atoms with Gasteiger partial charge in [0.05, 0.1) is 12.0 Å². The summed E-state index contributed by atoms with van der Waals surface area (Å²) < 4.78 is 85.6. The molecule has 1 aliphatic rings. The van der Waals surface area contributed by atoms with Gasteiger partial charge in [-0.15, -0.1) is 0 Å². The minimum atomic E-state index is -4.91. The average molecular weight is 581 g/mol. The first kappa shape index (κ1) is 29.8. The summed E-state index contributed by atoms with van der Waals surface area (Å²) in [6.07, 6.45) is -6.09. The van der Waals surface area contributed by atoms with E-state index in [4.69, 9.17) is 4.84 Å². The van der Waals surface area contributed by atoms with Gasteiger partial charge in [0.25, 0.3) is 0 Å². The van der Waals surface area contributed by atoms with Crippen molar-refractivity contribution in [3.05, 3.63) is 101 Å². The summed E-state index contributed by atoms with van der Waals surface area (Å²) in [5, 5.41) is 2.64. The SMILES string of the molecule is O=C(NOC(=O)C1CCCC1)NC(c1ccccc1)C(c1ccc(F)cc1)c1cc(F)cc(OC(F)(F)C(F)F)c1. The molecule has 0 spiro atoms. The molecule has 12 heteroatoms. The van der Waals surface area contributed by atoms with Crippen LogP contribution in [-0.2, 0) is 9.63 Å². The van der Waals surface area contributed by atoms with Crippen molar-refractivity contribution in [3.8, 4) is 5.75 Å². The normalized spacial score (nSPS) is 15.3. The molecule has 0 radical (unpaired) electrons. The highest BCUT2D eigenvalue weighted by Crippen LogP contribution is 2.40. The van der Waals surface area contributed by atoms with E-state index in [2.05, 4.69) is 15.5 Å². The third-order valence-corrected chi connectivity index (χ3v) is 6.70. The topological polar surface area (TPSA) is 76.7 Å². The highest BCUT2D eigenvalue weighted by molar-refractivity contribution is 5.78. The fraction of sp³-hybridized carbons (Fsp3) is 0.310. The molecule has 2 unspecified atom stereocenters. The van der Waals surface area contributed by atoms with Gasteiger partial charge >= 0.3 is 24.5 Å². The molecule has 2 N–H and O–H groups in total. The first-order chi connectivity index (χ1) is 19.5. The number of amides is 2. The van der Waals surface area contributed by atoms with E-state index in [1.54, 1.807) is 30.3 Å². The molecule has 41 heavy (non-hydrogen) atoms. The number of hydrogen-bond donors (Lipinski definition) is 2. The zero-order valence-electron chi connectivity index (χ0n) is 21.5. The Labute approximate surface area is 231 Å². The minimum absolute atomic E-state index is 0.0613. The second-order valence-electron chi connectivity index (χ2n) is 9.58. The number of nitrogens with one attached hydrogen (secondary N) is 2. The molecule has 4 rings (SSSR count). The molecule has 2 atom stereocenters. The Hall–Kier alpha value is -4.22. The molecule has 1 fully saturated rings. The number of carbonyl (C=O) groups excluding carboxylic acids is 2. The van der Waals surface area contributed by atoms with Crippen LogP contribution in [0.2, 0.25) is 0 Å². The lowest BCUT2D eigenvalue weighted by atomic mass is 9.81. The second kappa shape index (κ2) is 13.0. The highest BCUT2D eigenvalue weighted by atomic mass is 19.3. The van der Waals surface area contributed by atoms with Gasteiger partial charge in [0.15, 0.2) is 0 Å². The van der Waals surface area contributed by atoms with E-state index in [1.165, 1.54) is 12.1 Å². The molecule has 0 saturated heterocycles. The molecule has 1 saturated carbocycles. The number of benzene rings is 3. The summed E-state index contributed by atoms with van der Waals surface area (Å²) >= 11 is 0. The van der Waals surface area contributed by atoms with E-state index >= 15 is 0 Å². The van der Waals surface area contributed by atoms with Crippen molar-refractivity contribution in [2.75, 3.05) is 0 Å². The van der Waals surface area contributed by atoms with Crippen LogP contribution in [0.25, 0.3) is 0 Å². The van der Waals surface area contributed by atoms with Crippen LogP contribution in [-0.4, -0.2) is 24.5 Å². The lowest BCUT2D eigenvalue weighted by Crippen LogP contribution is -2.42. The van der Waals surface area contributed by atoms with Crippen molar-refractivity contribution in [1.29, 1.82) is 0 Å². The molecule has 3 aromatic rings. The maximum Gasteiger partial charge on any atom is 0.461 e. The molecule has 0 heterocycles. The number of hydroxylamine groups is 1. The van der Waals surface area contributed by atoms with Crippen LogP contribution in [0, 0.1) is 17.6 Å². The average Bonchev–Trinajstić information content (AvgIpc) is 3.48. The molecule has 6 nitrogen and oxygen atoms in total. The Morgan fingerprint density at radius 2 is 1.49 bits per heavy atom. The van der Waals surface area contributed by atoms with Gasteiger partial charge in [0, 0.05) is 12.0 Å². The molecule has 218 valence electrons. The fourth-order valence-electron chi connectivity index (χ4n) is 4.80. The summed E-state index contributed by atoms with van der Waals surface area (Å²) in [5.74, 6) is -4.61. The van der Waals surface area contributed by atoms with E-state index in [0.29, 0.717) is 30.0 Å². The van der Waals surface area contributed by atoms with E-state index < -0.39 is 53.9 Å². The quantitative estimate of drug-likeness (QED) is 0.211. The molecule has 0 bridgehead atoms. The van der Waals surface area contributed by atoms with Crippen molar-refractivity contribution in [2.45, 2.75) is 50.2 Å². The monoisotopic (exact) mass is 580 g/mol. The van der Waals surface area contributed by atoms with Crippen molar-refractivity contribution < 1.29 is 45.5 Å². The first-order valence-corrected chi connectivity index (χ1v) is 12.8. The minimum Gasteiger partial charge on any atom is -0.428 e. The van der Waals surface area contributed by atoms with Crippen molar-refractivity contribution in [3.63, 3.8) is 0 Å². The van der Waals surface area contributed by atoms with Gasteiger partial charge in [-0.05, 0) is 53.8 Å². The lowest BCUT2D eigenvalue weighted by molar-refractivity contribution is -0.253. The summed E-state index contributed by atoms with van der Waals surface area (Å²) in [4.78, 5) is 30.2. The summed E-state index contributed by atoms with van der Waals surface area (Å²) in [5.41, 5.74) is 2.74. The van der Waals surface area contributed by atoms with Crippen LogP contribution >= 0.6 is 0 Å². The molecule has 1 aliphatic carbocycles. The van der Waals surface area contributed by atoms with Crippen molar-refractivity contribution in [2.24, 2.45) is 5.92 Å². The Kier molecular flexibility index (Phi) is 9.41. The Morgan fingerprint density at radius 1 is 0.829 bits per heavy atom. The number of rotatable bonds is 9. The van der Waals surface area contributed by atoms with Crippen LogP contribution < -0.4 is 15.5 Å². The number of carbonyl (C=O) groups is 2. The molecular formula is C29H26F6N2O4. The Balaban J connectivity index is 1.72. The van der Waals surface area contributed by atoms with E-state index in [-0.39, 0.29) is 11.5 Å². The number of ether oxygens (including phenoxy) is 1. The van der Waals surface area contributed by atoms with E-state index in [1.807, 2.05) is 0 Å². The smallest absolute Gasteiger partial charge is 0.428 e. The van der Waals surface area contributed by atoms with E-state index in [0.717, 1.165) is 37.1 Å². The Bertz CT molecular complexity index is 1330. The molecule has 0 aliphatic heterocycles. The summed E-state index contributed by atoms with van der Waals surface area (Å²) in [7, 11) is 0. The maximum absolute atomic E-state index is 14.7. The van der Waals surface area contributed by atoms with Crippen molar-refractivity contribution in [1.82, 2.24) is 10.8 Å². The number of urea groups is 1. The van der Waals surface area contributed by atoms with Gasteiger partial charge < -0.3 is 14.9 Å². The number of alkyl halides is 4. The summed E-state index contributed by atoms with van der Waals surface area (Å²) in [6, 6.07) is 13.5. The van der Waals surface area contributed by atoms with E-state index in [9.17, 15) is 35.9 Å². The van der Waals surface area contributed by atoms with Crippen molar-refractivity contribution >= 4 is 12.0 Å². The molecular weight excluding hydrogens is 554 g/mol. The largest absolute Gasteiger partial charge is 0.461 e. The molecule has 3 aromatic carbocycles. The maximum atomic E-state index is 14.7. The summed E-state index contributed by atoms with van der Waals surface area (Å²) in [6.45, 7) is 0. The van der Waals surface area contributed by atoms with Crippen LogP contribution in [0.15, 0.2) is 72.8 Å². The van der Waals surface area contributed by atoms with Gasteiger partial charge in [-0.3, -0.25) is 0 Å². The molecule has 0 aromatic heterocycles. The van der Waals surface area contributed by atoms with Crippen LogP contribution in [0.4, 0.5) is 31.1 Å². The van der Waals surface area contributed by atoms with Gasteiger partial charge in [-0.1, -0.05) is 55.3 Å². The third-order valence-electron chi connectivity index (χ3n) is 6.70. The van der Waals surface area contributed by atoms with Gasteiger partial charge in [0.2, 0.25) is 0 Å². The van der Waals surface area contributed by atoms with Gasteiger partial charge in [-0.2, -0.15) is 23.0 Å². The highest BCUT2D eigenvalue weighted by Gasteiger charge is 2.44. The predicted octanol–water partition coefficient (Wildman–Crippen LogP) is 7.02. The third kappa shape index (κ3) is 7.71. The predicted molar refractivity (Wildman–Crippen MR) is 135 cm³/mol. The number of hydrogen-bond acceptors (Lipinski definition) is 4. The fourth-order valence-corrected chi connectivity index (χ4v) is 4.80. The van der Waals surface area contributed by atoms with Crippen LogP contribution in [0.5, 0.6) is 5.75 Å². The van der Waals surface area contributed by atoms with Gasteiger partial charge in [0.1, 0.15) is 17.4 Å². The molecule has 2 amide bonds. The van der Waals surface area contributed by atoms with Gasteiger partial charge in [-0.25, -0.2) is 18.4 Å². The zero-order chi connectivity index (χ0) is 29.6. The Morgan fingerprint density at radius 3 is 2.12 bits per heavy atom. The zero-order valence-corrected chi connectivity index (χ0v) is 21.5. The van der Waals surface area contributed by atoms with Crippen LogP contribution in [0.1, 0.15) is 54.3 Å². The lowest BCUT2D eigenvalue weighted by Gasteiger charge is -2.30. The number of halogens is 6. The standard InChI is InChI=1S/C29H26F6N2O4/c30-21-12-10-17(11-13-21)24(20-14-22(31)16-23(15-20)40-29(34,35)27(32)33)25(18-6-2-1-3-7-18)36-28(39)37-41-26(38)19-8-4-5-9-19/h1-3,6-7,10-16,19,24-25,27H,4-5,8-9H2,(H2,36,37,39).